The number of benzene rings is 2. The Hall–Kier alpha value is -2.67. The molecule has 1 amide bonds. The highest BCUT2D eigenvalue weighted by atomic mass is 32.2. The lowest BCUT2D eigenvalue weighted by Crippen LogP contribution is -2.27. The molecule has 0 aliphatic carbocycles. The first kappa shape index (κ1) is 17.7. The Bertz CT molecular complexity index is 874. The number of nitrogens with one attached hydrogen (secondary N) is 1. The van der Waals surface area contributed by atoms with Crippen LogP contribution in [0.1, 0.15) is 27.6 Å². The van der Waals surface area contributed by atoms with Crippen LogP contribution in [0.4, 0.5) is 11.4 Å². The monoisotopic (exact) mass is 346 g/mol. The van der Waals surface area contributed by atoms with Crippen LogP contribution < -0.4 is 9.62 Å². The summed E-state index contributed by atoms with van der Waals surface area (Å²) in [5.41, 5.74) is 1.59. The van der Waals surface area contributed by atoms with Crippen LogP contribution in [-0.4, -0.2) is 33.4 Å². The zero-order valence-corrected chi connectivity index (χ0v) is 14.4. The van der Waals surface area contributed by atoms with Crippen LogP contribution in [0.2, 0.25) is 0 Å². The molecule has 0 aromatic heterocycles. The number of para-hydroxylation sites is 1. The van der Waals surface area contributed by atoms with Gasteiger partial charge in [-0.25, -0.2) is 8.42 Å². The first-order valence-corrected chi connectivity index (χ1v) is 9.00. The van der Waals surface area contributed by atoms with E-state index in [9.17, 15) is 18.0 Å². The molecule has 2 aromatic rings. The summed E-state index contributed by atoms with van der Waals surface area (Å²) < 4.78 is 24.5. The molecule has 0 radical (unpaired) electrons. The maximum atomic E-state index is 12.5. The summed E-state index contributed by atoms with van der Waals surface area (Å²) in [6.45, 7) is 1.46. The fourth-order valence-corrected chi connectivity index (χ4v) is 2.62. The number of ketones is 1. The average Bonchev–Trinajstić information content (AvgIpc) is 2.53. The number of carbonyl (C=O) groups is 2. The minimum Gasteiger partial charge on any atom is -0.322 e. The molecule has 2 rings (SSSR count). The van der Waals surface area contributed by atoms with Gasteiger partial charge in [-0.1, -0.05) is 12.1 Å². The molecule has 0 aliphatic rings. The van der Waals surface area contributed by atoms with E-state index < -0.39 is 15.9 Å². The number of sulfonamides is 1. The number of amides is 1. The predicted octanol–water partition coefficient (Wildman–Crippen LogP) is 2.54. The van der Waals surface area contributed by atoms with Crippen molar-refractivity contribution in [1.82, 2.24) is 0 Å². The summed E-state index contributed by atoms with van der Waals surface area (Å²) in [5.74, 6) is -0.496. The Labute approximate surface area is 141 Å². The van der Waals surface area contributed by atoms with Crippen molar-refractivity contribution in [2.45, 2.75) is 6.92 Å². The number of anilines is 2. The largest absolute Gasteiger partial charge is 0.322 e. The van der Waals surface area contributed by atoms with E-state index in [0.29, 0.717) is 11.3 Å². The predicted molar refractivity (Wildman–Crippen MR) is 94.1 cm³/mol. The normalized spacial score (nSPS) is 11.0. The van der Waals surface area contributed by atoms with Crippen molar-refractivity contribution in [2.75, 3.05) is 22.9 Å². The van der Waals surface area contributed by atoms with Crippen LogP contribution in [0.15, 0.2) is 48.5 Å². The van der Waals surface area contributed by atoms with Gasteiger partial charge in [-0.3, -0.25) is 13.9 Å². The maximum absolute atomic E-state index is 12.5. The summed E-state index contributed by atoms with van der Waals surface area (Å²) in [4.78, 5) is 23.7. The molecule has 1 N–H and O–H groups in total. The SMILES string of the molecule is CC(=O)c1ccc(NC(=O)c2ccccc2N(C)S(C)(=O)=O)cc1. The standard InChI is InChI=1S/C17H18N2O4S/c1-12(20)13-8-10-14(11-9-13)18-17(21)15-6-4-5-7-16(15)19(2)24(3,22)23/h4-11H,1-3H3,(H,18,21). The quantitative estimate of drug-likeness (QED) is 0.843. The molecular weight excluding hydrogens is 328 g/mol. The summed E-state index contributed by atoms with van der Waals surface area (Å²) in [7, 11) is -2.09. The second-order valence-corrected chi connectivity index (χ2v) is 7.35. The smallest absolute Gasteiger partial charge is 0.257 e. The number of rotatable bonds is 5. The van der Waals surface area contributed by atoms with E-state index in [-0.39, 0.29) is 17.0 Å². The van der Waals surface area contributed by atoms with Crippen molar-refractivity contribution in [2.24, 2.45) is 0 Å². The van der Waals surface area contributed by atoms with E-state index in [2.05, 4.69) is 5.32 Å². The highest BCUT2D eigenvalue weighted by molar-refractivity contribution is 7.92. The van der Waals surface area contributed by atoms with Crippen molar-refractivity contribution in [1.29, 1.82) is 0 Å². The minimum absolute atomic E-state index is 0.0620. The van der Waals surface area contributed by atoms with E-state index in [1.165, 1.54) is 14.0 Å². The lowest BCUT2D eigenvalue weighted by Gasteiger charge is -2.19. The van der Waals surface area contributed by atoms with Crippen LogP contribution in [0.5, 0.6) is 0 Å². The molecule has 2 aromatic carbocycles. The van der Waals surface area contributed by atoms with Gasteiger partial charge in [0.25, 0.3) is 5.91 Å². The van der Waals surface area contributed by atoms with Gasteiger partial charge in [0.1, 0.15) is 0 Å². The second kappa shape index (κ2) is 6.84. The Morgan fingerprint density at radius 1 is 1.00 bits per heavy atom. The number of Topliss-reactive ketones (excluding diaryl/α,β-unsaturated/α-hetero) is 1. The molecule has 0 heterocycles. The molecule has 0 unspecified atom stereocenters. The molecule has 7 heteroatoms. The van der Waals surface area contributed by atoms with Gasteiger partial charge in [-0.05, 0) is 43.3 Å². The molecule has 126 valence electrons. The van der Waals surface area contributed by atoms with Crippen LogP contribution >= 0.6 is 0 Å². The molecule has 0 atom stereocenters. The van der Waals surface area contributed by atoms with Crippen molar-refractivity contribution in [3.8, 4) is 0 Å². The molecule has 0 spiro atoms. The van der Waals surface area contributed by atoms with Gasteiger partial charge in [0.05, 0.1) is 17.5 Å². The highest BCUT2D eigenvalue weighted by Crippen LogP contribution is 2.22. The zero-order valence-electron chi connectivity index (χ0n) is 13.6. The van der Waals surface area contributed by atoms with E-state index in [0.717, 1.165) is 10.6 Å². The Morgan fingerprint density at radius 3 is 2.12 bits per heavy atom. The van der Waals surface area contributed by atoms with Gasteiger partial charge in [0.15, 0.2) is 5.78 Å². The zero-order chi connectivity index (χ0) is 17.9. The first-order chi connectivity index (χ1) is 11.2. The van der Waals surface area contributed by atoms with Crippen molar-refractivity contribution in [3.63, 3.8) is 0 Å². The molecule has 0 bridgehead atoms. The van der Waals surface area contributed by atoms with Gasteiger partial charge in [-0.15, -0.1) is 0 Å². The number of carbonyl (C=O) groups excluding carboxylic acids is 2. The summed E-state index contributed by atoms with van der Waals surface area (Å²) >= 11 is 0. The van der Waals surface area contributed by atoms with Gasteiger partial charge < -0.3 is 5.32 Å². The molecule has 0 saturated carbocycles. The molecule has 6 nitrogen and oxygen atoms in total. The fourth-order valence-electron chi connectivity index (χ4n) is 2.11. The van der Waals surface area contributed by atoms with Crippen molar-refractivity contribution < 1.29 is 18.0 Å². The van der Waals surface area contributed by atoms with Crippen molar-refractivity contribution in [3.05, 3.63) is 59.7 Å². The van der Waals surface area contributed by atoms with Crippen LogP contribution in [-0.2, 0) is 10.0 Å². The minimum atomic E-state index is -3.48. The third-order valence-electron chi connectivity index (χ3n) is 3.53. The Kier molecular flexibility index (Phi) is 5.04. The number of hydrogen-bond donors (Lipinski definition) is 1. The lowest BCUT2D eigenvalue weighted by molar-refractivity contribution is 0.101. The topological polar surface area (TPSA) is 83.6 Å². The third kappa shape index (κ3) is 3.99. The fraction of sp³-hybridized carbons (Fsp3) is 0.176. The van der Waals surface area contributed by atoms with E-state index in [1.54, 1.807) is 48.5 Å². The lowest BCUT2D eigenvalue weighted by atomic mass is 10.1. The highest BCUT2D eigenvalue weighted by Gasteiger charge is 2.19. The Balaban J connectivity index is 2.29. The Morgan fingerprint density at radius 2 is 1.58 bits per heavy atom. The number of nitrogens with zero attached hydrogens (tertiary/aromatic N) is 1. The summed E-state index contributed by atoms with van der Waals surface area (Å²) in [6, 6.07) is 12.9. The molecule has 0 fully saturated rings. The van der Waals surface area contributed by atoms with Crippen LogP contribution in [0.25, 0.3) is 0 Å². The van der Waals surface area contributed by atoms with Gasteiger partial charge in [0.2, 0.25) is 10.0 Å². The first-order valence-electron chi connectivity index (χ1n) is 7.15. The molecular formula is C17H18N2O4S. The molecule has 24 heavy (non-hydrogen) atoms. The van der Waals surface area contributed by atoms with Crippen molar-refractivity contribution >= 4 is 33.1 Å². The molecule has 0 saturated heterocycles. The van der Waals surface area contributed by atoms with E-state index in [1.807, 2.05) is 0 Å². The van der Waals surface area contributed by atoms with Gasteiger partial charge >= 0.3 is 0 Å². The summed E-state index contributed by atoms with van der Waals surface area (Å²) in [5, 5.41) is 2.70. The van der Waals surface area contributed by atoms with Crippen LogP contribution in [0.3, 0.4) is 0 Å². The van der Waals surface area contributed by atoms with E-state index in [4.69, 9.17) is 0 Å². The summed E-state index contributed by atoms with van der Waals surface area (Å²) in [6.07, 6.45) is 1.07. The molecule has 0 aliphatic heterocycles. The number of hydrogen-bond acceptors (Lipinski definition) is 4. The van der Waals surface area contributed by atoms with E-state index >= 15 is 0 Å². The second-order valence-electron chi connectivity index (χ2n) is 5.34. The average molecular weight is 346 g/mol. The van der Waals surface area contributed by atoms with Crippen LogP contribution in [0, 0.1) is 0 Å². The van der Waals surface area contributed by atoms with Gasteiger partial charge in [-0.2, -0.15) is 0 Å². The maximum Gasteiger partial charge on any atom is 0.257 e. The van der Waals surface area contributed by atoms with Gasteiger partial charge in [0, 0.05) is 18.3 Å². The third-order valence-corrected chi connectivity index (χ3v) is 4.73.